The number of carbonyl (C=O) groups excluding carboxylic acids is 1. The molecule has 8 nitrogen and oxygen atoms in total. The fourth-order valence-corrected chi connectivity index (χ4v) is 5.15. The van der Waals surface area contributed by atoms with Gasteiger partial charge in [0.15, 0.2) is 5.82 Å². The summed E-state index contributed by atoms with van der Waals surface area (Å²) in [6.07, 6.45) is 11.8. The first-order valence-electron chi connectivity index (χ1n) is 12.9. The van der Waals surface area contributed by atoms with E-state index in [1.54, 1.807) is 6.20 Å². The maximum atomic E-state index is 11.4. The lowest BCUT2D eigenvalue weighted by molar-refractivity contribution is -0.107. The Balaban J connectivity index is 1.57. The van der Waals surface area contributed by atoms with Gasteiger partial charge in [-0.05, 0) is 55.2 Å². The molecule has 0 unspecified atom stereocenters. The molecule has 206 valence electrons. The number of carbonyl (C=O) groups is 1. The summed E-state index contributed by atoms with van der Waals surface area (Å²) in [7, 11) is 1.49. The minimum atomic E-state index is -0.00404. The third-order valence-electron chi connectivity index (χ3n) is 6.37. The molecule has 0 bridgehead atoms. The van der Waals surface area contributed by atoms with Crippen LogP contribution < -0.4 is 10.4 Å². The number of hydroxylamine groups is 1. The second-order valence-corrected chi connectivity index (χ2v) is 10.0. The van der Waals surface area contributed by atoms with Crippen LogP contribution in [0, 0.1) is 0 Å². The quantitative estimate of drug-likeness (QED) is 0.276. The zero-order valence-electron chi connectivity index (χ0n) is 22.2. The minimum Gasteiger partial charge on any atom is -0.380 e. The highest BCUT2D eigenvalue weighted by molar-refractivity contribution is 6.37. The third-order valence-corrected chi connectivity index (χ3v) is 7.02. The maximum Gasteiger partial charge on any atom is 0.229 e. The standard InChI is InChI=1S/C29H33Cl2N5O3/c1-21(27-25(30)6-3-4-7-26(27)31)18-23-19-32-29(34-28(23)36(38-2)13-15-37)33-24-10-8-22(9-11-24)20-35-12-5-16-39-17-14-35/h3,6-11,15,18-19H,4-5,12-14,16-17,20H2,1-2H3,(H,32,33,34)/b21-18+. The molecule has 1 N–H and O–H groups in total. The second-order valence-electron chi connectivity index (χ2n) is 9.19. The molecule has 1 aromatic heterocycles. The number of ether oxygens (including phenoxy) is 1. The van der Waals surface area contributed by atoms with Crippen LogP contribution in [0.25, 0.3) is 6.08 Å². The van der Waals surface area contributed by atoms with Crippen molar-refractivity contribution in [2.45, 2.75) is 26.3 Å². The molecule has 2 aliphatic rings. The van der Waals surface area contributed by atoms with Gasteiger partial charge in [-0.25, -0.2) is 10.0 Å². The van der Waals surface area contributed by atoms with Crippen LogP contribution in [0.2, 0.25) is 0 Å². The monoisotopic (exact) mass is 569 g/mol. The van der Waals surface area contributed by atoms with E-state index < -0.39 is 0 Å². The molecule has 1 saturated heterocycles. The average Bonchev–Trinajstić information content (AvgIpc) is 3.29. The Morgan fingerprint density at radius 1 is 1.23 bits per heavy atom. The zero-order valence-corrected chi connectivity index (χ0v) is 23.7. The Morgan fingerprint density at radius 3 is 2.82 bits per heavy atom. The lowest BCUT2D eigenvalue weighted by Gasteiger charge is -2.21. The fraction of sp³-hybridized carbons (Fsp3) is 0.345. The van der Waals surface area contributed by atoms with Crippen molar-refractivity contribution in [1.29, 1.82) is 0 Å². The summed E-state index contributed by atoms with van der Waals surface area (Å²) in [6.45, 7) is 6.38. The Bertz CT molecular complexity index is 1270. The Morgan fingerprint density at radius 2 is 2.05 bits per heavy atom. The van der Waals surface area contributed by atoms with Crippen LogP contribution in [0.1, 0.15) is 30.9 Å². The van der Waals surface area contributed by atoms with Gasteiger partial charge in [0, 0.05) is 59.3 Å². The van der Waals surface area contributed by atoms with Crippen LogP contribution in [-0.2, 0) is 20.9 Å². The summed E-state index contributed by atoms with van der Waals surface area (Å²) in [6, 6.07) is 8.21. The molecule has 1 fully saturated rings. The van der Waals surface area contributed by atoms with E-state index in [4.69, 9.17) is 32.8 Å². The molecule has 1 aliphatic heterocycles. The number of nitrogens with zero attached hydrogens (tertiary/aromatic N) is 4. The van der Waals surface area contributed by atoms with Gasteiger partial charge < -0.3 is 14.8 Å². The van der Waals surface area contributed by atoms with Gasteiger partial charge in [-0.3, -0.25) is 9.74 Å². The number of hydrogen-bond donors (Lipinski definition) is 1. The normalized spacial score (nSPS) is 16.9. The van der Waals surface area contributed by atoms with Crippen molar-refractivity contribution in [2.75, 3.05) is 50.3 Å². The first kappa shape index (κ1) is 29.0. The van der Waals surface area contributed by atoms with Crippen LogP contribution in [0.15, 0.2) is 69.9 Å². The Kier molecular flexibility index (Phi) is 10.7. The number of allylic oxidation sites excluding steroid dienone is 7. The van der Waals surface area contributed by atoms with Crippen LogP contribution in [0.3, 0.4) is 0 Å². The van der Waals surface area contributed by atoms with Crippen LogP contribution in [0.4, 0.5) is 17.5 Å². The number of benzene rings is 1. The Hall–Kier alpha value is -3.01. The van der Waals surface area contributed by atoms with Crippen LogP contribution in [0.5, 0.6) is 0 Å². The van der Waals surface area contributed by atoms with Gasteiger partial charge in [-0.15, -0.1) is 0 Å². The van der Waals surface area contributed by atoms with Gasteiger partial charge in [0.25, 0.3) is 0 Å². The highest BCUT2D eigenvalue weighted by Gasteiger charge is 2.17. The van der Waals surface area contributed by atoms with Gasteiger partial charge in [-0.1, -0.05) is 47.5 Å². The lowest BCUT2D eigenvalue weighted by atomic mass is 10.0. The van der Waals surface area contributed by atoms with Gasteiger partial charge in [-0.2, -0.15) is 4.98 Å². The summed E-state index contributed by atoms with van der Waals surface area (Å²) in [5.41, 5.74) is 4.28. The molecule has 1 aromatic carbocycles. The van der Waals surface area contributed by atoms with Crippen molar-refractivity contribution >= 4 is 53.0 Å². The van der Waals surface area contributed by atoms with Crippen molar-refractivity contribution in [1.82, 2.24) is 14.9 Å². The molecular formula is C29H33Cl2N5O3. The molecule has 0 atom stereocenters. The van der Waals surface area contributed by atoms with Crippen LogP contribution >= 0.6 is 23.2 Å². The number of halogens is 2. The summed E-state index contributed by atoms with van der Waals surface area (Å²) in [5, 5.41) is 5.79. The smallest absolute Gasteiger partial charge is 0.229 e. The highest BCUT2D eigenvalue weighted by Crippen LogP contribution is 2.33. The number of hydrogen-bond acceptors (Lipinski definition) is 8. The van der Waals surface area contributed by atoms with Crippen molar-refractivity contribution < 1.29 is 14.4 Å². The Labute approximate surface area is 239 Å². The molecule has 0 spiro atoms. The minimum absolute atomic E-state index is 0.00404. The molecule has 0 radical (unpaired) electrons. The highest BCUT2D eigenvalue weighted by atomic mass is 35.5. The van der Waals surface area contributed by atoms with E-state index >= 15 is 0 Å². The fourth-order valence-electron chi connectivity index (χ4n) is 4.42. The van der Waals surface area contributed by atoms with Gasteiger partial charge in [0.2, 0.25) is 5.95 Å². The maximum absolute atomic E-state index is 11.4. The van der Waals surface area contributed by atoms with Crippen molar-refractivity contribution in [3.63, 3.8) is 0 Å². The first-order valence-corrected chi connectivity index (χ1v) is 13.6. The molecular weight excluding hydrogens is 537 g/mol. The average molecular weight is 571 g/mol. The van der Waals surface area contributed by atoms with E-state index in [9.17, 15) is 4.79 Å². The van der Waals surface area contributed by atoms with Gasteiger partial charge in [0.05, 0.1) is 13.7 Å². The molecule has 0 saturated carbocycles. The summed E-state index contributed by atoms with van der Waals surface area (Å²) >= 11 is 13.0. The molecule has 10 heteroatoms. The summed E-state index contributed by atoms with van der Waals surface area (Å²) in [5.74, 6) is 0.806. The van der Waals surface area contributed by atoms with E-state index in [1.165, 1.54) is 17.7 Å². The number of aromatic nitrogens is 2. The van der Waals surface area contributed by atoms with E-state index in [1.807, 2.05) is 43.4 Å². The molecule has 1 aliphatic carbocycles. The number of nitrogens with one attached hydrogen (secondary N) is 1. The number of aldehydes is 1. The van der Waals surface area contributed by atoms with Crippen molar-refractivity contribution in [3.05, 3.63) is 81.0 Å². The number of anilines is 3. The molecule has 2 heterocycles. The third kappa shape index (κ3) is 8.00. The second kappa shape index (κ2) is 14.4. The summed E-state index contributed by atoms with van der Waals surface area (Å²) in [4.78, 5) is 28.4. The predicted octanol–water partition coefficient (Wildman–Crippen LogP) is 5.99. The zero-order chi connectivity index (χ0) is 27.6. The SMILES string of the molecule is CON(CC=O)c1nc(Nc2ccc(CN3CCCOCC3)cc2)ncc1/C=C(\C)C1=C(Cl)C=CCC=C1Cl. The molecule has 4 rings (SSSR count). The lowest BCUT2D eigenvalue weighted by Crippen LogP contribution is -2.26. The molecule has 0 amide bonds. The van der Waals surface area contributed by atoms with Gasteiger partial charge in [0.1, 0.15) is 12.8 Å². The topological polar surface area (TPSA) is 79.8 Å². The molecule has 39 heavy (non-hydrogen) atoms. The summed E-state index contributed by atoms with van der Waals surface area (Å²) < 4.78 is 5.55. The van der Waals surface area contributed by atoms with E-state index in [0.29, 0.717) is 33.8 Å². The first-order chi connectivity index (χ1) is 19.0. The van der Waals surface area contributed by atoms with E-state index in [-0.39, 0.29) is 6.54 Å². The van der Waals surface area contributed by atoms with E-state index in [0.717, 1.165) is 62.4 Å². The predicted molar refractivity (Wildman–Crippen MR) is 157 cm³/mol. The van der Waals surface area contributed by atoms with Crippen LogP contribution in [-0.4, -0.2) is 61.1 Å². The molecule has 2 aromatic rings. The van der Waals surface area contributed by atoms with E-state index in [2.05, 4.69) is 32.3 Å². The van der Waals surface area contributed by atoms with Crippen molar-refractivity contribution in [3.8, 4) is 0 Å². The van der Waals surface area contributed by atoms with Crippen molar-refractivity contribution in [2.24, 2.45) is 0 Å². The number of rotatable bonds is 10. The largest absolute Gasteiger partial charge is 0.380 e. The van der Waals surface area contributed by atoms with Gasteiger partial charge >= 0.3 is 0 Å².